The van der Waals surface area contributed by atoms with Gasteiger partial charge >= 0.3 is 0 Å². The Morgan fingerprint density at radius 1 is 1.00 bits per heavy atom. The van der Waals surface area contributed by atoms with Crippen LogP contribution in [0.1, 0.15) is 11.1 Å². The van der Waals surface area contributed by atoms with Crippen molar-refractivity contribution in [1.82, 2.24) is 15.2 Å². The van der Waals surface area contributed by atoms with E-state index in [0.29, 0.717) is 24.5 Å². The number of rotatable bonds is 6. The fraction of sp³-hybridized carbons (Fsp3) is 0.318. The number of aryl methyl sites for hydroxylation is 1. The average molecular weight is 392 g/mol. The Bertz CT molecular complexity index is 955. The first-order valence-electron chi connectivity index (χ1n) is 9.92. The number of anilines is 3. The first-order valence-corrected chi connectivity index (χ1v) is 9.92. The minimum absolute atomic E-state index is 0.187. The van der Waals surface area contributed by atoms with Gasteiger partial charge in [0.15, 0.2) is 5.82 Å². The molecular weight excluding hydrogens is 367 g/mol. The van der Waals surface area contributed by atoms with Gasteiger partial charge in [-0.15, -0.1) is 5.10 Å². The second-order valence-electron chi connectivity index (χ2n) is 7.22. The number of hydrogen-bond donors (Lipinski definition) is 1. The van der Waals surface area contributed by atoms with E-state index in [9.17, 15) is 4.39 Å². The second-order valence-corrected chi connectivity index (χ2v) is 7.22. The fourth-order valence-corrected chi connectivity index (χ4v) is 3.55. The molecule has 0 bridgehead atoms. The van der Waals surface area contributed by atoms with Gasteiger partial charge in [-0.3, -0.25) is 0 Å². The molecule has 0 atom stereocenters. The molecule has 0 saturated carbocycles. The zero-order chi connectivity index (χ0) is 20.1. The van der Waals surface area contributed by atoms with Crippen molar-refractivity contribution in [3.8, 4) is 0 Å². The number of nitrogens with one attached hydrogen (secondary N) is 1. The van der Waals surface area contributed by atoms with Crippen LogP contribution in [0.2, 0.25) is 0 Å². The van der Waals surface area contributed by atoms with Crippen LogP contribution in [0.25, 0.3) is 0 Å². The third-order valence-corrected chi connectivity index (χ3v) is 5.15. The van der Waals surface area contributed by atoms with Crippen LogP contribution in [0.3, 0.4) is 0 Å². The molecule has 1 aromatic heterocycles. The first-order chi connectivity index (χ1) is 14.2. The van der Waals surface area contributed by atoms with Crippen LogP contribution in [0.5, 0.6) is 0 Å². The highest BCUT2D eigenvalue weighted by molar-refractivity contribution is 5.51. The van der Waals surface area contributed by atoms with E-state index in [1.165, 1.54) is 17.3 Å². The van der Waals surface area contributed by atoms with Crippen LogP contribution in [0, 0.1) is 12.7 Å². The summed E-state index contributed by atoms with van der Waals surface area (Å²) >= 11 is 0. The zero-order valence-electron chi connectivity index (χ0n) is 16.6. The largest absolute Gasteiger partial charge is 0.368 e. The average Bonchev–Trinajstić information content (AvgIpc) is 2.75. The minimum atomic E-state index is -0.187. The second kappa shape index (κ2) is 8.86. The summed E-state index contributed by atoms with van der Waals surface area (Å²) in [6.45, 7) is 6.29. The number of hydrogen-bond acceptors (Lipinski definition) is 6. The lowest BCUT2D eigenvalue weighted by Crippen LogP contribution is -2.47. The van der Waals surface area contributed by atoms with E-state index in [2.05, 4.69) is 61.5 Å². The number of nitrogens with zero attached hydrogens (tertiary/aromatic N) is 5. The number of benzene rings is 2. The molecule has 2 heterocycles. The summed E-state index contributed by atoms with van der Waals surface area (Å²) in [6, 6.07) is 15.4. The van der Waals surface area contributed by atoms with Crippen molar-refractivity contribution in [1.29, 1.82) is 0 Å². The van der Waals surface area contributed by atoms with Crippen LogP contribution in [-0.2, 0) is 6.42 Å². The van der Waals surface area contributed by atoms with Crippen molar-refractivity contribution < 1.29 is 4.39 Å². The maximum absolute atomic E-state index is 13.7. The van der Waals surface area contributed by atoms with Crippen molar-refractivity contribution >= 4 is 17.5 Å². The van der Waals surface area contributed by atoms with E-state index in [0.717, 1.165) is 32.0 Å². The quantitative estimate of drug-likeness (QED) is 0.695. The molecule has 3 aromatic rings. The van der Waals surface area contributed by atoms with Crippen LogP contribution in [0.15, 0.2) is 54.7 Å². The Balaban J connectivity index is 1.32. The van der Waals surface area contributed by atoms with Crippen molar-refractivity contribution in [2.75, 3.05) is 47.8 Å². The molecule has 0 unspecified atom stereocenters. The lowest BCUT2D eigenvalue weighted by atomic mass is 10.1. The van der Waals surface area contributed by atoms with E-state index in [4.69, 9.17) is 0 Å². The predicted octanol–water partition coefficient (Wildman–Crippen LogP) is 3.30. The smallest absolute Gasteiger partial charge is 0.244 e. The zero-order valence-corrected chi connectivity index (χ0v) is 16.6. The van der Waals surface area contributed by atoms with Crippen molar-refractivity contribution in [2.45, 2.75) is 13.3 Å². The van der Waals surface area contributed by atoms with E-state index in [-0.39, 0.29) is 5.82 Å². The Morgan fingerprint density at radius 3 is 2.59 bits per heavy atom. The molecular formula is C22H25FN6. The SMILES string of the molecule is Cc1cccc(N2CCN(c3cnnc(NCCc4ccccc4F)n3)CC2)c1. The van der Waals surface area contributed by atoms with E-state index in [1.54, 1.807) is 18.3 Å². The summed E-state index contributed by atoms with van der Waals surface area (Å²) in [5, 5.41) is 11.3. The lowest BCUT2D eigenvalue weighted by molar-refractivity contribution is 0.610. The molecule has 2 aromatic carbocycles. The molecule has 1 aliphatic rings. The van der Waals surface area contributed by atoms with Gasteiger partial charge in [0.05, 0.1) is 6.20 Å². The third kappa shape index (κ3) is 4.80. The summed E-state index contributed by atoms with van der Waals surface area (Å²) < 4.78 is 13.7. The van der Waals surface area contributed by atoms with Gasteiger partial charge in [-0.1, -0.05) is 30.3 Å². The molecule has 0 amide bonds. The van der Waals surface area contributed by atoms with E-state index >= 15 is 0 Å². The van der Waals surface area contributed by atoms with Crippen molar-refractivity contribution in [2.24, 2.45) is 0 Å². The number of halogens is 1. The molecule has 150 valence electrons. The van der Waals surface area contributed by atoms with E-state index in [1.807, 2.05) is 6.07 Å². The third-order valence-electron chi connectivity index (χ3n) is 5.15. The molecule has 1 aliphatic heterocycles. The minimum Gasteiger partial charge on any atom is -0.368 e. The Morgan fingerprint density at radius 2 is 1.79 bits per heavy atom. The molecule has 0 spiro atoms. The molecule has 29 heavy (non-hydrogen) atoms. The van der Waals surface area contributed by atoms with Gasteiger partial charge < -0.3 is 15.1 Å². The summed E-state index contributed by atoms with van der Waals surface area (Å²) in [5.41, 5.74) is 3.22. The van der Waals surface area contributed by atoms with Crippen molar-refractivity contribution in [3.63, 3.8) is 0 Å². The summed E-state index contributed by atoms with van der Waals surface area (Å²) in [7, 11) is 0. The Kier molecular flexibility index (Phi) is 5.84. The monoisotopic (exact) mass is 392 g/mol. The fourth-order valence-electron chi connectivity index (χ4n) is 3.55. The van der Waals surface area contributed by atoms with Crippen molar-refractivity contribution in [3.05, 3.63) is 71.7 Å². The van der Waals surface area contributed by atoms with Gasteiger partial charge in [0, 0.05) is 38.4 Å². The maximum atomic E-state index is 13.7. The lowest BCUT2D eigenvalue weighted by Gasteiger charge is -2.36. The topological polar surface area (TPSA) is 57.2 Å². The predicted molar refractivity (Wildman–Crippen MR) is 114 cm³/mol. The molecule has 1 saturated heterocycles. The maximum Gasteiger partial charge on any atom is 0.244 e. The summed E-state index contributed by atoms with van der Waals surface area (Å²) in [6.07, 6.45) is 2.26. The van der Waals surface area contributed by atoms with Crippen LogP contribution in [0.4, 0.5) is 21.8 Å². The molecule has 0 aliphatic carbocycles. The number of piperazine rings is 1. The highest BCUT2D eigenvalue weighted by atomic mass is 19.1. The highest BCUT2D eigenvalue weighted by Crippen LogP contribution is 2.20. The van der Waals surface area contributed by atoms with Crippen LogP contribution < -0.4 is 15.1 Å². The van der Waals surface area contributed by atoms with Gasteiger partial charge in [0.1, 0.15) is 5.82 Å². The van der Waals surface area contributed by atoms with Gasteiger partial charge in [0.2, 0.25) is 5.95 Å². The molecule has 1 fully saturated rings. The van der Waals surface area contributed by atoms with Crippen LogP contribution >= 0.6 is 0 Å². The Labute approximate surface area is 170 Å². The molecule has 7 heteroatoms. The van der Waals surface area contributed by atoms with Gasteiger partial charge in [-0.25, -0.2) is 4.39 Å². The molecule has 6 nitrogen and oxygen atoms in total. The number of aromatic nitrogens is 3. The van der Waals surface area contributed by atoms with Crippen LogP contribution in [-0.4, -0.2) is 47.9 Å². The van der Waals surface area contributed by atoms with Gasteiger partial charge in [0.25, 0.3) is 0 Å². The standard InChI is InChI=1S/C22H25FN6/c1-17-5-4-7-19(15-17)28-11-13-29(14-12-28)21-16-25-27-22(26-21)24-10-9-18-6-2-3-8-20(18)23/h2-8,15-16H,9-14H2,1H3,(H,24,26,27). The normalized spacial score (nSPS) is 14.1. The van der Waals surface area contributed by atoms with Gasteiger partial charge in [-0.05, 0) is 42.7 Å². The van der Waals surface area contributed by atoms with Gasteiger partial charge in [-0.2, -0.15) is 10.1 Å². The summed E-state index contributed by atoms with van der Waals surface area (Å²) in [4.78, 5) is 9.21. The molecule has 1 N–H and O–H groups in total. The highest BCUT2D eigenvalue weighted by Gasteiger charge is 2.19. The molecule has 4 rings (SSSR count). The Hall–Kier alpha value is -3.22. The van der Waals surface area contributed by atoms with E-state index < -0.39 is 0 Å². The first kappa shape index (κ1) is 19.1. The summed E-state index contributed by atoms with van der Waals surface area (Å²) in [5.74, 6) is 1.10. The molecule has 0 radical (unpaired) electrons.